The average Bonchev–Trinajstić information content (AvgIpc) is 2.70. The minimum Gasteiger partial charge on any atom is -0.387 e. The van der Waals surface area contributed by atoms with Gasteiger partial charge in [-0.05, 0) is 42.7 Å². The molecular formula is C14H15ClOS. The molecule has 1 nitrogen and oxygen atoms in total. The zero-order valence-electron chi connectivity index (χ0n) is 9.90. The monoisotopic (exact) mass is 266 g/mol. The van der Waals surface area contributed by atoms with E-state index in [0.717, 1.165) is 14.8 Å². The predicted octanol–water partition coefficient (Wildman–Crippen LogP) is 4.29. The molecule has 1 aromatic heterocycles. The van der Waals surface area contributed by atoms with Crippen molar-refractivity contribution >= 4 is 22.9 Å². The third-order valence-electron chi connectivity index (χ3n) is 2.92. The Morgan fingerprint density at radius 1 is 1.18 bits per heavy atom. The Morgan fingerprint density at radius 3 is 2.53 bits per heavy atom. The third kappa shape index (κ3) is 3.09. The lowest BCUT2D eigenvalue weighted by Crippen LogP contribution is -2.00. The van der Waals surface area contributed by atoms with Crippen LogP contribution in [-0.2, 0) is 6.42 Å². The molecule has 1 unspecified atom stereocenters. The molecule has 1 aromatic carbocycles. The van der Waals surface area contributed by atoms with E-state index in [1.807, 2.05) is 12.1 Å². The van der Waals surface area contributed by atoms with Crippen molar-refractivity contribution in [3.8, 4) is 0 Å². The second kappa shape index (κ2) is 5.21. The molecule has 0 saturated heterocycles. The molecular weight excluding hydrogens is 252 g/mol. The molecule has 0 aliphatic rings. The topological polar surface area (TPSA) is 20.2 Å². The van der Waals surface area contributed by atoms with Gasteiger partial charge in [0.2, 0.25) is 0 Å². The lowest BCUT2D eigenvalue weighted by atomic mass is 10.0. The van der Waals surface area contributed by atoms with Gasteiger partial charge in [-0.15, -0.1) is 11.3 Å². The zero-order valence-corrected chi connectivity index (χ0v) is 11.5. The molecule has 2 rings (SSSR count). The summed E-state index contributed by atoms with van der Waals surface area (Å²) in [6.45, 7) is 4.18. The number of benzene rings is 1. The van der Waals surface area contributed by atoms with E-state index in [0.29, 0.717) is 6.42 Å². The summed E-state index contributed by atoms with van der Waals surface area (Å²) in [5.74, 6) is 0. The van der Waals surface area contributed by atoms with Crippen molar-refractivity contribution in [3.05, 3.63) is 56.2 Å². The Balaban J connectivity index is 2.12. The molecule has 0 saturated carbocycles. The summed E-state index contributed by atoms with van der Waals surface area (Å²) in [5, 5.41) is 10.1. The number of thiophene rings is 1. The van der Waals surface area contributed by atoms with E-state index in [2.05, 4.69) is 32.0 Å². The SMILES string of the molecule is Cc1ccc(CC(O)c2ccc(Cl)s2)cc1C. The first kappa shape index (κ1) is 12.6. The number of hydrogen-bond acceptors (Lipinski definition) is 2. The first-order chi connectivity index (χ1) is 8.06. The highest BCUT2D eigenvalue weighted by molar-refractivity contribution is 7.16. The number of halogens is 1. The summed E-state index contributed by atoms with van der Waals surface area (Å²) in [6.07, 6.45) is 0.174. The molecule has 0 spiro atoms. The summed E-state index contributed by atoms with van der Waals surface area (Å²) < 4.78 is 0.721. The minimum absolute atomic E-state index is 0.463. The van der Waals surface area contributed by atoms with Gasteiger partial charge in [-0.1, -0.05) is 29.8 Å². The van der Waals surface area contributed by atoms with Crippen LogP contribution in [0.2, 0.25) is 4.34 Å². The number of aryl methyl sites for hydroxylation is 2. The Hall–Kier alpha value is -0.830. The van der Waals surface area contributed by atoms with E-state index in [4.69, 9.17) is 11.6 Å². The quantitative estimate of drug-likeness (QED) is 0.878. The van der Waals surface area contributed by atoms with Crippen molar-refractivity contribution in [1.82, 2.24) is 0 Å². The van der Waals surface area contributed by atoms with Crippen LogP contribution < -0.4 is 0 Å². The fourth-order valence-electron chi connectivity index (χ4n) is 1.76. The van der Waals surface area contributed by atoms with Crippen LogP contribution in [0.4, 0.5) is 0 Å². The van der Waals surface area contributed by atoms with Crippen molar-refractivity contribution in [2.24, 2.45) is 0 Å². The highest BCUT2D eigenvalue weighted by Gasteiger charge is 2.11. The maximum Gasteiger partial charge on any atom is 0.0932 e. The number of rotatable bonds is 3. The standard InChI is InChI=1S/C14H15ClOS/c1-9-3-4-11(7-10(9)2)8-12(16)13-5-6-14(15)17-13/h3-7,12,16H,8H2,1-2H3. The molecule has 90 valence electrons. The van der Waals surface area contributed by atoms with Gasteiger partial charge in [0.15, 0.2) is 0 Å². The minimum atomic E-state index is -0.463. The van der Waals surface area contributed by atoms with E-state index < -0.39 is 6.10 Å². The number of hydrogen-bond donors (Lipinski definition) is 1. The van der Waals surface area contributed by atoms with Crippen molar-refractivity contribution in [1.29, 1.82) is 0 Å². The predicted molar refractivity (Wildman–Crippen MR) is 73.9 cm³/mol. The van der Waals surface area contributed by atoms with Gasteiger partial charge in [0.1, 0.15) is 0 Å². The maximum absolute atomic E-state index is 10.1. The zero-order chi connectivity index (χ0) is 12.4. The Bertz CT molecular complexity index is 519. The molecule has 0 aliphatic carbocycles. The van der Waals surface area contributed by atoms with Crippen LogP contribution in [0.3, 0.4) is 0 Å². The summed E-state index contributed by atoms with van der Waals surface area (Å²) >= 11 is 7.30. The van der Waals surface area contributed by atoms with Gasteiger partial charge >= 0.3 is 0 Å². The second-order valence-electron chi connectivity index (χ2n) is 4.28. The molecule has 3 heteroatoms. The summed E-state index contributed by atoms with van der Waals surface area (Å²) in [4.78, 5) is 0.924. The molecule has 1 N–H and O–H groups in total. The van der Waals surface area contributed by atoms with Crippen molar-refractivity contribution in [3.63, 3.8) is 0 Å². The number of aliphatic hydroxyl groups excluding tert-OH is 1. The Labute approximate surface area is 111 Å². The third-order valence-corrected chi connectivity index (χ3v) is 4.26. The maximum atomic E-state index is 10.1. The molecule has 0 aliphatic heterocycles. The summed E-state index contributed by atoms with van der Waals surface area (Å²) in [6, 6.07) is 10.0. The molecule has 17 heavy (non-hydrogen) atoms. The van der Waals surface area contributed by atoms with Gasteiger partial charge in [-0.25, -0.2) is 0 Å². The van der Waals surface area contributed by atoms with E-state index in [1.165, 1.54) is 22.5 Å². The van der Waals surface area contributed by atoms with Crippen LogP contribution in [0.5, 0.6) is 0 Å². The first-order valence-corrected chi connectivity index (χ1v) is 6.75. The largest absolute Gasteiger partial charge is 0.387 e. The van der Waals surface area contributed by atoms with Gasteiger partial charge < -0.3 is 5.11 Å². The van der Waals surface area contributed by atoms with Crippen molar-refractivity contribution < 1.29 is 5.11 Å². The molecule has 1 heterocycles. The smallest absolute Gasteiger partial charge is 0.0932 e. The lowest BCUT2D eigenvalue weighted by Gasteiger charge is -2.10. The van der Waals surface area contributed by atoms with E-state index in [1.54, 1.807) is 0 Å². The molecule has 0 bridgehead atoms. The molecule has 1 atom stereocenters. The second-order valence-corrected chi connectivity index (χ2v) is 6.03. The summed E-state index contributed by atoms with van der Waals surface area (Å²) in [7, 11) is 0. The first-order valence-electron chi connectivity index (χ1n) is 5.55. The van der Waals surface area contributed by atoms with Gasteiger partial charge in [0.25, 0.3) is 0 Å². The van der Waals surface area contributed by atoms with Crippen molar-refractivity contribution in [2.75, 3.05) is 0 Å². The number of aliphatic hydroxyl groups is 1. The normalized spacial score (nSPS) is 12.7. The van der Waals surface area contributed by atoms with Gasteiger partial charge in [0.05, 0.1) is 10.4 Å². The highest BCUT2D eigenvalue weighted by Crippen LogP contribution is 2.29. The van der Waals surface area contributed by atoms with E-state index in [-0.39, 0.29) is 0 Å². The Kier molecular flexibility index (Phi) is 3.87. The van der Waals surface area contributed by atoms with Crippen molar-refractivity contribution in [2.45, 2.75) is 26.4 Å². The lowest BCUT2D eigenvalue weighted by molar-refractivity contribution is 0.182. The summed E-state index contributed by atoms with van der Waals surface area (Å²) in [5.41, 5.74) is 3.70. The van der Waals surface area contributed by atoms with Gasteiger partial charge in [0, 0.05) is 11.3 Å². The Morgan fingerprint density at radius 2 is 1.94 bits per heavy atom. The van der Waals surface area contributed by atoms with Gasteiger partial charge in [-0.3, -0.25) is 0 Å². The highest BCUT2D eigenvalue weighted by atomic mass is 35.5. The van der Waals surface area contributed by atoms with Crippen LogP contribution in [0.15, 0.2) is 30.3 Å². The average molecular weight is 267 g/mol. The van der Waals surface area contributed by atoms with Crippen LogP contribution in [-0.4, -0.2) is 5.11 Å². The fourth-order valence-corrected chi connectivity index (χ4v) is 2.81. The van der Waals surface area contributed by atoms with Crippen LogP contribution >= 0.6 is 22.9 Å². The van der Waals surface area contributed by atoms with E-state index in [9.17, 15) is 5.11 Å². The molecule has 0 fully saturated rings. The molecule has 0 amide bonds. The molecule has 2 aromatic rings. The van der Waals surface area contributed by atoms with Crippen LogP contribution in [0.1, 0.15) is 27.7 Å². The van der Waals surface area contributed by atoms with Crippen LogP contribution in [0, 0.1) is 13.8 Å². The van der Waals surface area contributed by atoms with Gasteiger partial charge in [-0.2, -0.15) is 0 Å². The molecule has 0 radical (unpaired) electrons. The fraction of sp³-hybridized carbons (Fsp3) is 0.286. The van der Waals surface area contributed by atoms with Crippen LogP contribution in [0.25, 0.3) is 0 Å². The van der Waals surface area contributed by atoms with E-state index >= 15 is 0 Å².